The molecule has 0 bridgehead atoms. The van der Waals surface area contributed by atoms with E-state index in [2.05, 4.69) is 20.9 Å². The smallest absolute Gasteiger partial charge is 0.226 e. The number of benzene rings is 2. The maximum absolute atomic E-state index is 12.7. The number of fused-ring (bicyclic) bond motifs is 1. The first-order valence-electron chi connectivity index (χ1n) is 8.28. The van der Waals surface area contributed by atoms with Crippen molar-refractivity contribution in [2.75, 3.05) is 13.2 Å². The largest absolute Gasteiger partial charge is 0.486 e. The van der Waals surface area contributed by atoms with Crippen molar-refractivity contribution in [1.29, 1.82) is 0 Å². The van der Waals surface area contributed by atoms with E-state index in [4.69, 9.17) is 13.9 Å². The van der Waals surface area contributed by atoms with Crippen LogP contribution >= 0.6 is 15.9 Å². The topological polar surface area (TPSA) is 78.6 Å². The van der Waals surface area contributed by atoms with E-state index in [0.717, 1.165) is 5.56 Å². The Morgan fingerprint density at radius 3 is 2.44 bits per heavy atom. The van der Waals surface area contributed by atoms with E-state index in [0.29, 0.717) is 46.3 Å². The van der Waals surface area contributed by atoms with Crippen molar-refractivity contribution in [3.8, 4) is 23.0 Å². The summed E-state index contributed by atoms with van der Waals surface area (Å²) in [4.78, 5) is 4.30. The molecular formula is C19H16BrNO5S. The Balaban J connectivity index is 1.52. The molecular weight excluding hydrogens is 434 g/mol. The van der Waals surface area contributed by atoms with Crippen LogP contribution in [0.25, 0.3) is 11.5 Å². The van der Waals surface area contributed by atoms with Crippen LogP contribution in [0.5, 0.6) is 11.5 Å². The van der Waals surface area contributed by atoms with Crippen LogP contribution in [0.2, 0.25) is 0 Å². The molecule has 0 spiro atoms. The zero-order valence-corrected chi connectivity index (χ0v) is 16.6. The molecule has 0 amide bonds. The third-order valence-corrected chi connectivity index (χ3v) is 6.25. The van der Waals surface area contributed by atoms with Crippen LogP contribution in [0.15, 0.2) is 57.6 Å². The average Bonchev–Trinajstić information content (AvgIpc) is 3.10. The minimum Gasteiger partial charge on any atom is -0.486 e. The third kappa shape index (κ3) is 4.17. The standard InChI is InChI=1S/C19H16BrNO5S/c20-16-9-18-17(24-6-7-25-18)8-14(16)11-27(22,23)12-15-10-26-19(21-15)13-4-2-1-3-5-13/h1-5,8-10H,6-7,11-12H2. The van der Waals surface area contributed by atoms with E-state index in [1.165, 1.54) is 6.26 Å². The second-order valence-electron chi connectivity index (χ2n) is 6.13. The number of rotatable bonds is 5. The number of oxazole rings is 1. The number of ether oxygens (including phenoxy) is 2. The number of aromatic nitrogens is 1. The average molecular weight is 450 g/mol. The molecule has 8 heteroatoms. The molecule has 1 aliphatic heterocycles. The monoisotopic (exact) mass is 449 g/mol. The molecule has 0 saturated heterocycles. The molecule has 1 aromatic heterocycles. The van der Waals surface area contributed by atoms with Gasteiger partial charge in [0.1, 0.15) is 19.5 Å². The molecule has 1 aliphatic rings. The fourth-order valence-corrected chi connectivity index (χ4v) is 4.86. The summed E-state index contributed by atoms with van der Waals surface area (Å²) in [6.45, 7) is 0.926. The molecule has 0 N–H and O–H groups in total. The zero-order valence-electron chi connectivity index (χ0n) is 14.2. The normalized spacial score (nSPS) is 13.5. The van der Waals surface area contributed by atoms with Crippen molar-refractivity contribution in [2.45, 2.75) is 11.5 Å². The van der Waals surface area contributed by atoms with Crippen LogP contribution in [0.3, 0.4) is 0 Å². The molecule has 3 aromatic rings. The second kappa shape index (κ2) is 7.36. The molecule has 0 aliphatic carbocycles. The lowest BCUT2D eigenvalue weighted by molar-refractivity contribution is 0.171. The zero-order chi connectivity index (χ0) is 18.9. The Morgan fingerprint density at radius 2 is 1.70 bits per heavy atom. The molecule has 0 radical (unpaired) electrons. The summed E-state index contributed by atoms with van der Waals surface area (Å²) in [5.41, 5.74) is 1.80. The van der Waals surface area contributed by atoms with E-state index in [1.54, 1.807) is 12.1 Å². The van der Waals surface area contributed by atoms with E-state index >= 15 is 0 Å². The highest BCUT2D eigenvalue weighted by atomic mass is 79.9. The molecule has 0 atom stereocenters. The molecule has 6 nitrogen and oxygen atoms in total. The molecule has 2 heterocycles. The molecule has 2 aromatic carbocycles. The SMILES string of the molecule is O=S(=O)(Cc1coc(-c2ccccc2)n1)Cc1cc2c(cc1Br)OCCO2. The summed E-state index contributed by atoms with van der Waals surface area (Å²) in [6.07, 6.45) is 1.39. The van der Waals surface area contributed by atoms with Crippen molar-refractivity contribution in [2.24, 2.45) is 0 Å². The third-order valence-electron chi connectivity index (χ3n) is 4.03. The summed E-state index contributed by atoms with van der Waals surface area (Å²) in [6, 6.07) is 12.8. The van der Waals surface area contributed by atoms with Crippen molar-refractivity contribution in [3.05, 3.63) is 64.5 Å². The van der Waals surface area contributed by atoms with Gasteiger partial charge in [-0.3, -0.25) is 0 Å². The number of hydrogen-bond acceptors (Lipinski definition) is 6. The molecule has 140 valence electrons. The summed E-state index contributed by atoms with van der Waals surface area (Å²) in [5.74, 6) is 1.23. The number of halogens is 1. The van der Waals surface area contributed by atoms with Crippen LogP contribution in [0.1, 0.15) is 11.3 Å². The maximum Gasteiger partial charge on any atom is 0.226 e. The van der Waals surface area contributed by atoms with Gasteiger partial charge in [-0.05, 0) is 29.8 Å². The Kier molecular flexibility index (Phi) is 4.92. The lowest BCUT2D eigenvalue weighted by Crippen LogP contribution is -2.16. The van der Waals surface area contributed by atoms with Crippen LogP contribution in [-0.4, -0.2) is 26.6 Å². The van der Waals surface area contributed by atoms with E-state index in [-0.39, 0.29) is 11.5 Å². The Labute approximate surface area is 165 Å². The van der Waals surface area contributed by atoms with Gasteiger partial charge in [-0.2, -0.15) is 0 Å². The van der Waals surface area contributed by atoms with Crippen LogP contribution in [-0.2, 0) is 21.3 Å². The van der Waals surface area contributed by atoms with Gasteiger partial charge < -0.3 is 13.9 Å². The minimum absolute atomic E-state index is 0.141. The first-order chi connectivity index (χ1) is 13.0. The van der Waals surface area contributed by atoms with Crippen molar-refractivity contribution >= 4 is 25.8 Å². The Hall–Kier alpha value is -2.32. The van der Waals surface area contributed by atoms with Crippen molar-refractivity contribution < 1.29 is 22.3 Å². The number of hydrogen-bond donors (Lipinski definition) is 0. The fourth-order valence-electron chi connectivity index (χ4n) is 2.82. The van der Waals surface area contributed by atoms with Gasteiger partial charge in [0.2, 0.25) is 5.89 Å². The Bertz CT molecular complexity index is 1060. The molecule has 0 fully saturated rings. The van der Waals surface area contributed by atoms with Crippen LogP contribution in [0, 0.1) is 0 Å². The first kappa shape index (κ1) is 18.1. The second-order valence-corrected chi connectivity index (χ2v) is 9.05. The fraction of sp³-hybridized carbons (Fsp3) is 0.211. The summed E-state index contributed by atoms with van der Waals surface area (Å²) < 4.78 is 42.5. The lowest BCUT2D eigenvalue weighted by Gasteiger charge is -2.19. The van der Waals surface area contributed by atoms with Gasteiger partial charge >= 0.3 is 0 Å². The van der Waals surface area contributed by atoms with Crippen LogP contribution < -0.4 is 9.47 Å². The van der Waals surface area contributed by atoms with Crippen molar-refractivity contribution in [3.63, 3.8) is 0 Å². The van der Waals surface area contributed by atoms with Gasteiger partial charge in [0, 0.05) is 10.0 Å². The summed E-state index contributed by atoms with van der Waals surface area (Å²) >= 11 is 3.41. The number of nitrogens with zero attached hydrogens (tertiary/aromatic N) is 1. The van der Waals surface area contributed by atoms with Gasteiger partial charge in [0.15, 0.2) is 21.3 Å². The minimum atomic E-state index is -3.45. The highest BCUT2D eigenvalue weighted by Crippen LogP contribution is 2.36. The van der Waals surface area contributed by atoms with Crippen LogP contribution in [0.4, 0.5) is 0 Å². The van der Waals surface area contributed by atoms with E-state index < -0.39 is 9.84 Å². The molecule has 0 unspecified atom stereocenters. The maximum atomic E-state index is 12.7. The van der Waals surface area contributed by atoms with Gasteiger partial charge in [0.25, 0.3) is 0 Å². The first-order valence-corrected chi connectivity index (χ1v) is 10.9. The highest BCUT2D eigenvalue weighted by molar-refractivity contribution is 9.10. The predicted molar refractivity (Wildman–Crippen MR) is 103 cm³/mol. The lowest BCUT2D eigenvalue weighted by atomic mass is 10.2. The van der Waals surface area contributed by atoms with Crippen molar-refractivity contribution in [1.82, 2.24) is 4.98 Å². The van der Waals surface area contributed by atoms with Gasteiger partial charge in [0.05, 0.1) is 17.2 Å². The molecule has 4 rings (SSSR count). The Morgan fingerprint density at radius 1 is 1.00 bits per heavy atom. The summed E-state index contributed by atoms with van der Waals surface area (Å²) in [5, 5.41) is 0. The van der Waals surface area contributed by atoms with E-state index in [9.17, 15) is 8.42 Å². The van der Waals surface area contributed by atoms with Gasteiger partial charge in [-0.25, -0.2) is 13.4 Å². The number of sulfone groups is 1. The predicted octanol–water partition coefficient (Wildman–Crippen LogP) is 3.99. The molecule has 27 heavy (non-hydrogen) atoms. The summed E-state index contributed by atoms with van der Waals surface area (Å²) in [7, 11) is -3.45. The van der Waals surface area contributed by atoms with Gasteiger partial charge in [-0.1, -0.05) is 34.1 Å². The highest BCUT2D eigenvalue weighted by Gasteiger charge is 2.21. The molecule has 0 saturated carbocycles. The quantitative estimate of drug-likeness (QED) is 0.585. The van der Waals surface area contributed by atoms with Gasteiger partial charge in [-0.15, -0.1) is 0 Å². The van der Waals surface area contributed by atoms with E-state index in [1.807, 2.05) is 30.3 Å².